The Morgan fingerprint density at radius 2 is 1.94 bits per heavy atom. The van der Waals surface area contributed by atoms with Crippen molar-refractivity contribution >= 4 is 16.9 Å². The number of hydrogen-bond acceptors (Lipinski definition) is 2. The number of carboxylic acids is 1. The first kappa shape index (κ1) is 12.6. The van der Waals surface area contributed by atoms with Crippen LogP contribution in [-0.2, 0) is 0 Å². The lowest BCUT2D eigenvalue weighted by Gasteiger charge is -2.12. The van der Waals surface area contributed by atoms with Crippen molar-refractivity contribution in [3.8, 4) is 0 Å². The molecule has 0 aliphatic carbocycles. The highest BCUT2D eigenvalue weighted by Gasteiger charge is 2.15. The monoisotopic (exact) mass is 243 g/mol. The lowest BCUT2D eigenvalue weighted by Crippen LogP contribution is -2.04. The van der Waals surface area contributed by atoms with Gasteiger partial charge in [-0.1, -0.05) is 26.0 Å². The number of nitrogens with zero attached hydrogens (tertiary/aromatic N) is 1. The van der Waals surface area contributed by atoms with Gasteiger partial charge in [-0.25, -0.2) is 4.79 Å². The molecule has 0 amide bonds. The first-order valence-corrected chi connectivity index (χ1v) is 6.06. The molecule has 2 aromatic rings. The Bertz CT molecular complexity index is 630. The van der Waals surface area contributed by atoms with Crippen LogP contribution in [0.25, 0.3) is 10.9 Å². The molecule has 1 heterocycles. The molecule has 0 radical (unpaired) electrons. The third-order valence-corrected chi connectivity index (χ3v) is 3.35. The summed E-state index contributed by atoms with van der Waals surface area (Å²) in [5.74, 6) is -0.681. The molecule has 2 rings (SSSR count). The summed E-state index contributed by atoms with van der Waals surface area (Å²) in [6, 6.07) is 5.48. The standard InChI is InChI=1S/C15H17NO2/c1-8(2)13-7-12(15(17)18)11-6-5-9(3)10(4)14(11)16-13/h5-8H,1-4H3,(H,17,18). The van der Waals surface area contributed by atoms with E-state index in [0.29, 0.717) is 5.56 Å². The summed E-state index contributed by atoms with van der Waals surface area (Å²) in [4.78, 5) is 16.0. The van der Waals surface area contributed by atoms with Crippen LogP contribution in [0.3, 0.4) is 0 Å². The van der Waals surface area contributed by atoms with Crippen LogP contribution in [0.1, 0.15) is 46.9 Å². The van der Waals surface area contributed by atoms with Gasteiger partial charge in [0.15, 0.2) is 0 Å². The number of hydrogen-bond donors (Lipinski definition) is 1. The Balaban J connectivity index is 2.90. The largest absolute Gasteiger partial charge is 0.478 e. The van der Waals surface area contributed by atoms with Gasteiger partial charge < -0.3 is 5.11 Å². The molecule has 0 saturated carbocycles. The zero-order valence-corrected chi connectivity index (χ0v) is 11.1. The zero-order chi connectivity index (χ0) is 13.4. The van der Waals surface area contributed by atoms with Crippen molar-refractivity contribution in [3.05, 3.63) is 40.6 Å². The Kier molecular flexibility index (Phi) is 3.07. The molecule has 3 nitrogen and oxygen atoms in total. The van der Waals surface area contributed by atoms with Gasteiger partial charge in [0, 0.05) is 11.1 Å². The van der Waals surface area contributed by atoms with Gasteiger partial charge in [0.1, 0.15) is 0 Å². The molecule has 3 heteroatoms. The van der Waals surface area contributed by atoms with Crippen molar-refractivity contribution in [2.75, 3.05) is 0 Å². The summed E-state index contributed by atoms with van der Waals surface area (Å²) in [6.07, 6.45) is 0. The molecule has 0 aliphatic heterocycles. The van der Waals surface area contributed by atoms with Gasteiger partial charge in [-0.2, -0.15) is 0 Å². The van der Waals surface area contributed by atoms with E-state index in [-0.39, 0.29) is 5.92 Å². The van der Waals surface area contributed by atoms with Crippen molar-refractivity contribution in [1.29, 1.82) is 0 Å². The van der Waals surface area contributed by atoms with E-state index in [9.17, 15) is 9.90 Å². The number of rotatable bonds is 2. The summed E-state index contributed by atoms with van der Waals surface area (Å²) in [7, 11) is 0. The smallest absolute Gasteiger partial charge is 0.336 e. The predicted octanol–water partition coefficient (Wildman–Crippen LogP) is 3.67. The maximum Gasteiger partial charge on any atom is 0.336 e. The van der Waals surface area contributed by atoms with E-state index >= 15 is 0 Å². The average molecular weight is 243 g/mol. The number of benzene rings is 1. The molecule has 0 bridgehead atoms. The van der Waals surface area contributed by atoms with E-state index in [1.54, 1.807) is 6.07 Å². The maximum absolute atomic E-state index is 11.4. The minimum absolute atomic E-state index is 0.215. The quantitative estimate of drug-likeness (QED) is 0.875. The van der Waals surface area contributed by atoms with Gasteiger partial charge in [-0.3, -0.25) is 4.98 Å². The van der Waals surface area contributed by atoms with Crippen LogP contribution in [0.2, 0.25) is 0 Å². The van der Waals surface area contributed by atoms with E-state index in [1.165, 1.54) is 0 Å². The Labute approximate surface area is 106 Å². The topological polar surface area (TPSA) is 50.2 Å². The van der Waals surface area contributed by atoms with Crippen molar-refractivity contribution in [3.63, 3.8) is 0 Å². The van der Waals surface area contributed by atoms with Gasteiger partial charge in [-0.15, -0.1) is 0 Å². The van der Waals surface area contributed by atoms with Crippen LogP contribution < -0.4 is 0 Å². The number of aromatic carboxylic acids is 1. The van der Waals surface area contributed by atoms with Crippen LogP contribution >= 0.6 is 0 Å². The number of aryl methyl sites for hydroxylation is 2. The Morgan fingerprint density at radius 1 is 1.28 bits per heavy atom. The third kappa shape index (κ3) is 1.96. The normalized spacial score (nSPS) is 11.2. The molecule has 0 aliphatic rings. The highest BCUT2D eigenvalue weighted by atomic mass is 16.4. The molecule has 0 unspecified atom stereocenters. The number of carbonyl (C=O) groups is 1. The predicted molar refractivity (Wildman–Crippen MR) is 72.3 cm³/mol. The first-order chi connectivity index (χ1) is 8.41. The van der Waals surface area contributed by atoms with Crippen molar-refractivity contribution in [1.82, 2.24) is 4.98 Å². The molecular weight excluding hydrogens is 226 g/mol. The minimum Gasteiger partial charge on any atom is -0.478 e. The fraction of sp³-hybridized carbons (Fsp3) is 0.333. The molecule has 1 aromatic heterocycles. The summed E-state index contributed by atoms with van der Waals surface area (Å²) < 4.78 is 0. The summed E-state index contributed by atoms with van der Waals surface area (Å²) >= 11 is 0. The molecule has 0 fully saturated rings. The fourth-order valence-corrected chi connectivity index (χ4v) is 2.02. The maximum atomic E-state index is 11.4. The average Bonchev–Trinajstić information content (AvgIpc) is 2.32. The van der Waals surface area contributed by atoms with E-state index in [4.69, 9.17) is 0 Å². The second-order valence-electron chi connectivity index (χ2n) is 4.96. The number of carboxylic acid groups (broad SMARTS) is 1. The van der Waals surface area contributed by atoms with Crippen molar-refractivity contribution in [2.45, 2.75) is 33.6 Å². The minimum atomic E-state index is -0.896. The van der Waals surface area contributed by atoms with E-state index in [2.05, 4.69) is 4.98 Å². The van der Waals surface area contributed by atoms with E-state index in [0.717, 1.165) is 27.7 Å². The third-order valence-electron chi connectivity index (χ3n) is 3.35. The first-order valence-electron chi connectivity index (χ1n) is 6.06. The fourth-order valence-electron chi connectivity index (χ4n) is 2.02. The van der Waals surface area contributed by atoms with Gasteiger partial charge in [0.2, 0.25) is 0 Å². The van der Waals surface area contributed by atoms with E-state index in [1.807, 2.05) is 39.8 Å². The van der Waals surface area contributed by atoms with Crippen molar-refractivity contribution < 1.29 is 9.90 Å². The molecule has 0 atom stereocenters. The lowest BCUT2D eigenvalue weighted by molar-refractivity contribution is 0.0699. The number of fused-ring (bicyclic) bond motifs is 1. The Hall–Kier alpha value is -1.90. The highest BCUT2D eigenvalue weighted by Crippen LogP contribution is 2.26. The molecule has 1 aromatic carbocycles. The summed E-state index contributed by atoms with van der Waals surface area (Å²) in [5, 5.41) is 10.0. The summed E-state index contributed by atoms with van der Waals surface area (Å²) in [6.45, 7) is 8.04. The Morgan fingerprint density at radius 3 is 2.50 bits per heavy atom. The molecule has 94 valence electrons. The van der Waals surface area contributed by atoms with Crippen LogP contribution in [0, 0.1) is 13.8 Å². The number of pyridine rings is 1. The van der Waals surface area contributed by atoms with Gasteiger partial charge in [0.05, 0.1) is 11.1 Å². The van der Waals surface area contributed by atoms with Crippen LogP contribution in [0.5, 0.6) is 0 Å². The molecule has 0 spiro atoms. The second-order valence-corrected chi connectivity index (χ2v) is 4.96. The summed E-state index contributed by atoms with van der Waals surface area (Å²) in [5.41, 5.74) is 4.16. The highest BCUT2D eigenvalue weighted by molar-refractivity contribution is 6.03. The lowest BCUT2D eigenvalue weighted by atomic mass is 9.98. The van der Waals surface area contributed by atoms with Crippen LogP contribution in [0.4, 0.5) is 0 Å². The SMILES string of the molecule is Cc1ccc2c(C(=O)O)cc(C(C)C)nc2c1C. The number of aromatic nitrogens is 1. The zero-order valence-electron chi connectivity index (χ0n) is 11.1. The second kappa shape index (κ2) is 4.41. The van der Waals surface area contributed by atoms with Gasteiger partial charge in [-0.05, 0) is 37.0 Å². The van der Waals surface area contributed by atoms with Crippen LogP contribution in [-0.4, -0.2) is 16.1 Å². The van der Waals surface area contributed by atoms with Crippen LogP contribution in [0.15, 0.2) is 18.2 Å². The van der Waals surface area contributed by atoms with Crippen molar-refractivity contribution in [2.24, 2.45) is 0 Å². The molecule has 18 heavy (non-hydrogen) atoms. The molecule has 0 saturated heterocycles. The van der Waals surface area contributed by atoms with E-state index < -0.39 is 5.97 Å². The molecule has 1 N–H and O–H groups in total. The van der Waals surface area contributed by atoms with Gasteiger partial charge >= 0.3 is 5.97 Å². The van der Waals surface area contributed by atoms with Gasteiger partial charge in [0.25, 0.3) is 0 Å². The molecular formula is C15H17NO2.